The summed E-state index contributed by atoms with van der Waals surface area (Å²) in [5, 5.41) is 2.08. The Hall–Kier alpha value is -2.12. The summed E-state index contributed by atoms with van der Waals surface area (Å²) in [6.45, 7) is 3.37. The molecule has 5 nitrogen and oxygen atoms in total. The highest BCUT2D eigenvalue weighted by Gasteiger charge is 2.23. The predicted octanol–water partition coefficient (Wildman–Crippen LogP) is 4.56. The van der Waals surface area contributed by atoms with Crippen LogP contribution >= 0.6 is 23.1 Å². The van der Waals surface area contributed by atoms with Crippen molar-refractivity contribution in [1.29, 1.82) is 0 Å². The van der Waals surface area contributed by atoms with Gasteiger partial charge in [-0.25, -0.2) is 9.97 Å². The van der Waals surface area contributed by atoms with Gasteiger partial charge in [-0.2, -0.15) is 0 Å². The summed E-state index contributed by atoms with van der Waals surface area (Å²) >= 11 is 3.29. The number of ketones is 1. The molecule has 0 N–H and O–H groups in total. The van der Waals surface area contributed by atoms with Crippen LogP contribution < -0.4 is 9.47 Å². The summed E-state index contributed by atoms with van der Waals surface area (Å²) in [5.74, 6) is 2.47. The Bertz CT molecular complexity index is 1060. The standard InChI is InChI=1S/C21H20N2O3S2/c1-12-2-4-14-18(8-12)28-21-19(14)20(22-11-23-21)27-10-15(24)13-3-5-16-17(9-13)26-7-6-25-16/h3,5,9,11-12H,2,4,6-8,10H2,1H3/t12-/m1/s1. The lowest BCUT2D eigenvalue weighted by Gasteiger charge is -2.18. The van der Waals surface area contributed by atoms with Crippen LogP contribution in [0.4, 0.5) is 0 Å². The van der Waals surface area contributed by atoms with Crippen LogP contribution in [0.25, 0.3) is 10.2 Å². The van der Waals surface area contributed by atoms with Gasteiger partial charge in [0.25, 0.3) is 0 Å². The molecule has 144 valence electrons. The minimum atomic E-state index is 0.0615. The molecule has 5 rings (SSSR count). The Balaban J connectivity index is 1.38. The Labute approximate surface area is 171 Å². The normalized spacial score (nSPS) is 18.1. The Morgan fingerprint density at radius 1 is 1.25 bits per heavy atom. The number of hydrogen-bond acceptors (Lipinski definition) is 7. The van der Waals surface area contributed by atoms with E-state index in [4.69, 9.17) is 9.47 Å². The average molecular weight is 413 g/mol. The lowest BCUT2D eigenvalue weighted by Crippen LogP contribution is -2.16. The number of nitrogens with zero attached hydrogens (tertiary/aromatic N) is 2. The van der Waals surface area contributed by atoms with E-state index in [1.54, 1.807) is 29.8 Å². The van der Waals surface area contributed by atoms with Crippen molar-refractivity contribution in [3.8, 4) is 11.5 Å². The molecule has 1 aromatic carbocycles. The quantitative estimate of drug-likeness (QED) is 0.356. The maximum absolute atomic E-state index is 12.8. The fourth-order valence-corrected chi connectivity index (χ4v) is 6.12. The van der Waals surface area contributed by atoms with Crippen molar-refractivity contribution in [3.63, 3.8) is 0 Å². The van der Waals surface area contributed by atoms with Crippen LogP contribution in [0.5, 0.6) is 11.5 Å². The first-order valence-corrected chi connectivity index (χ1v) is 11.3. The maximum Gasteiger partial charge on any atom is 0.173 e. The second-order valence-corrected chi connectivity index (χ2v) is 9.33. The summed E-state index contributed by atoms with van der Waals surface area (Å²) < 4.78 is 11.1. The molecule has 0 unspecified atom stereocenters. The van der Waals surface area contributed by atoms with Gasteiger partial charge in [-0.15, -0.1) is 11.3 Å². The van der Waals surface area contributed by atoms with E-state index in [1.165, 1.54) is 28.6 Å². The van der Waals surface area contributed by atoms with E-state index in [9.17, 15) is 4.79 Å². The van der Waals surface area contributed by atoms with Gasteiger partial charge in [0.15, 0.2) is 17.3 Å². The Morgan fingerprint density at radius 3 is 3.00 bits per heavy atom. The molecule has 0 radical (unpaired) electrons. The lowest BCUT2D eigenvalue weighted by molar-refractivity contribution is 0.102. The van der Waals surface area contributed by atoms with Gasteiger partial charge in [-0.1, -0.05) is 18.7 Å². The number of thioether (sulfide) groups is 1. The van der Waals surface area contributed by atoms with Crippen LogP contribution in [-0.2, 0) is 12.8 Å². The van der Waals surface area contributed by atoms with E-state index in [0.717, 1.165) is 34.0 Å². The SMILES string of the molecule is C[C@@H]1CCc2c(sc3ncnc(SCC(=O)c4ccc5c(c4)OCCO5)c23)C1. The van der Waals surface area contributed by atoms with Crippen molar-refractivity contribution in [2.24, 2.45) is 5.92 Å². The summed E-state index contributed by atoms with van der Waals surface area (Å²) in [5.41, 5.74) is 2.04. The molecular weight excluding hydrogens is 392 g/mol. The number of ether oxygens (including phenoxy) is 2. The van der Waals surface area contributed by atoms with Gasteiger partial charge in [0.2, 0.25) is 0 Å². The number of benzene rings is 1. The van der Waals surface area contributed by atoms with Crippen molar-refractivity contribution in [2.45, 2.75) is 31.2 Å². The molecule has 3 heterocycles. The summed E-state index contributed by atoms with van der Waals surface area (Å²) in [6.07, 6.45) is 5.02. The lowest BCUT2D eigenvalue weighted by atomic mass is 9.89. The maximum atomic E-state index is 12.8. The van der Waals surface area contributed by atoms with Crippen molar-refractivity contribution >= 4 is 39.1 Å². The second-order valence-electron chi connectivity index (χ2n) is 7.28. The van der Waals surface area contributed by atoms with Gasteiger partial charge >= 0.3 is 0 Å². The first-order valence-electron chi connectivity index (χ1n) is 9.50. The zero-order valence-corrected chi connectivity index (χ0v) is 17.2. The smallest absolute Gasteiger partial charge is 0.173 e. The van der Waals surface area contributed by atoms with Crippen LogP contribution in [0, 0.1) is 5.92 Å². The number of rotatable bonds is 4. The van der Waals surface area contributed by atoms with Crippen molar-refractivity contribution in [1.82, 2.24) is 9.97 Å². The fraction of sp³-hybridized carbons (Fsp3) is 0.381. The highest BCUT2D eigenvalue weighted by atomic mass is 32.2. The molecule has 0 saturated carbocycles. The number of aryl methyl sites for hydroxylation is 1. The first-order chi connectivity index (χ1) is 13.7. The second kappa shape index (κ2) is 7.37. The fourth-order valence-electron chi connectivity index (χ4n) is 3.79. The van der Waals surface area contributed by atoms with Crippen LogP contribution in [0.3, 0.4) is 0 Å². The highest BCUT2D eigenvalue weighted by molar-refractivity contribution is 8.00. The third-order valence-corrected chi connectivity index (χ3v) is 7.41. The van der Waals surface area contributed by atoms with Gasteiger partial charge in [0.1, 0.15) is 29.4 Å². The molecule has 0 spiro atoms. The van der Waals surface area contributed by atoms with Gasteiger partial charge in [-0.05, 0) is 48.9 Å². The summed E-state index contributed by atoms with van der Waals surface area (Å²) in [6, 6.07) is 5.40. The van der Waals surface area contributed by atoms with Crippen LogP contribution in [0.15, 0.2) is 29.6 Å². The number of Topliss-reactive ketones (excluding diaryl/α,β-unsaturated/α-hetero) is 1. The molecule has 0 amide bonds. The van der Waals surface area contributed by atoms with Gasteiger partial charge in [0.05, 0.1) is 5.75 Å². The Kier molecular flexibility index (Phi) is 4.72. The first kappa shape index (κ1) is 17.9. The summed E-state index contributed by atoms with van der Waals surface area (Å²) in [7, 11) is 0. The zero-order chi connectivity index (χ0) is 19.1. The van der Waals surface area contributed by atoms with Crippen molar-refractivity contribution < 1.29 is 14.3 Å². The third kappa shape index (κ3) is 3.26. The minimum Gasteiger partial charge on any atom is -0.486 e. The van der Waals surface area contributed by atoms with Crippen molar-refractivity contribution in [3.05, 3.63) is 40.5 Å². The monoisotopic (exact) mass is 412 g/mol. The molecular formula is C21H20N2O3S2. The highest BCUT2D eigenvalue weighted by Crippen LogP contribution is 2.40. The molecule has 2 aliphatic rings. The van der Waals surface area contributed by atoms with Crippen LogP contribution in [-0.4, -0.2) is 34.7 Å². The van der Waals surface area contributed by atoms with E-state index in [0.29, 0.717) is 36.0 Å². The Morgan fingerprint density at radius 2 is 2.11 bits per heavy atom. The molecule has 1 aliphatic heterocycles. The number of carbonyl (C=O) groups excluding carboxylic acids is 1. The molecule has 7 heteroatoms. The van der Waals surface area contributed by atoms with E-state index < -0.39 is 0 Å². The molecule has 1 aliphatic carbocycles. The number of fused-ring (bicyclic) bond motifs is 4. The zero-order valence-electron chi connectivity index (χ0n) is 15.6. The van der Waals surface area contributed by atoms with Crippen LogP contribution in [0.2, 0.25) is 0 Å². The molecule has 2 aromatic heterocycles. The number of thiophene rings is 1. The molecule has 28 heavy (non-hydrogen) atoms. The topological polar surface area (TPSA) is 61.3 Å². The number of aromatic nitrogens is 2. The largest absolute Gasteiger partial charge is 0.486 e. The van der Waals surface area contributed by atoms with Gasteiger partial charge in [0, 0.05) is 15.8 Å². The van der Waals surface area contributed by atoms with Gasteiger partial charge in [-0.3, -0.25) is 4.79 Å². The van der Waals surface area contributed by atoms with Crippen molar-refractivity contribution in [2.75, 3.05) is 19.0 Å². The van der Waals surface area contributed by atoms with E-state index in [1.807, 2.05) is 6.07 Å². The van der Waals surface area contributed by atoms with Crippen LogP contribution in [0.1, 0.15) is 34.1 Å². The van der Waals surface area contributed by atoms with E-state index in [-0.39, 0.29) is 5.78 Å². The number of hydrogen-bond donors (Lipinski definition) is 0. The van der Waals surface area contributed by atoms with Gasteiger partial charge < -0.3 is 9.47 Å². The number of carbonyl (C=O) groups is 1. The summed E-state index contributed by atoms with van der Waals surface area (Å²) in [4.78, 5) is 24.2. The molecule has 0 saturated heterocycles. The molecule has 3 aromatic rings. The third-order valence-electron chi connectivity index (χ3n) is 5.26. The molecule has 0 fully saturated rings. The molecule has 0 bridgehead atoms. The molecule has 1 atom stereocenters. The average Bonchev–Trinajstić information content (AvgIpc) is 3.09. The predicted molar refractivity (Wildman–Crippen MR) is 111 cm³/mol. The van der Waals surface area contributed by atoms with E-state index >= 15 is 0 Å². The minimum absolute atomic E-state index is 0.0615. The van der Waals surface area contributed by atoms with E-state index in [2.05, 4.69) is 16.9 Å².